The molecule has 0 bridgehead atoms. The van der Waals surface area contributed by atoms with Crippen molar-refractivity contribution in [1.82, 2.24) is 0 Å². The van der Waals surface area contributed by atoms with Crippen molar-refractivity contribution in [3.63, 3.8) is 0 Å². The first-order chi connectivity index (χ1) is 11.3. The predicted molar refractivity (Wildman–Crippen MR) is 93.1 cm³/mol. The van der Waals surface area contributed by atoms with Gasteiger partial charge in [0, 0.05) is 19.3 Å². The average molecular weight is 330 g/mol. The third-order valence-corrected chi connectivity index (χ3v) is 4.95. The second-order valence-corrected chi connectivity index (χ2v) is 6.71. The minimum absolute atomic E-state index is 0.00194. The molecule has 0 aromatic heterocycles. The van der Waals surface area contributed by atoms with Crippen LogP contribution in [0.5, 0.6) is 0 Å². The van der Waals surface area contributed by atoms with Crippen molar-refractivity contribution in [3.8, 4) is 0 Å². The number of carbonyl (C=O) groups excluding carboxylic acids is 2. The van der Waals surface area contributed by atoms with Gasteiger partial charge in [-0.3, -0.25) is 9.59 Å². The van der Waals surface area contributed by atoms with Gasteiger partial charge in [0.05, 0.1) is 12.2 Å². The van der Waals surface area contributed by atoms with E-state index in [1.807, 2.05) is 33.8 Å². The molecule has 0 saturated heterocycles. The van der Waals surface area contributed by atoms with Gasteiger partial charge in [-0.25, -0.2) is 0 Å². The first-order valence-corrected chi connectivity index (χ1v) is 8.50. The maximum absolute atomic E-state index is 12.5. The van der Waals surface area contributed by atoms with Gasteiger partial charge in [0.1, 0.15) is 5.76 Å². The molecule has 0 amide bonds. The number of Topliss-reactive ketones (excluding diaryl/α,β-unsaturated/α-hetero) is 2. The van der Waals surface area contributed by atoms with Crippen LogP contribution in [0.4, 0.5) is 0 Å². The molecule has 0 aliphatic heterocycles. The van der Waals surface area contributed by atoms with Crippen LogP contribution in [0.3, 0.4) is 0 Å². The fourth-order valence-electron chi connectivity index (χ4n) is 3.88. The Morgan fingerprint density at radius 2 is 1.71 bits per heavy atom. The summed E-state index contributed by atoms with van der Waals surface area (Å²) in [6.45, 7) is 7.71. The number of carbonyl (C=O) groups is 2. The molecule has 4 heteroatoms. The zero-order valence-corrected chi connectivity index (χ0v) is 14.9. The molecule has 1 aromatic rings. The number of benzene rings is 1. The zero-order chi connectivity index (χ0) is 18.0. The number of rotatable bonds is 4. The van der Waals surface area contributed by atoms with Crippen LogP contribution in [0.2, 0.25) is 0 Å². The second kappa shape index (κ2) is 7.31. The van der Waals surface area contributed by atoms with Crippen LogP contribution in [0.15, 0.2) is 17.4 Å². The van der Waals surface area contributed by atoms with Crippen molar-refractivity contribution in [1.29, 1.82) is 0 Å². The van der Waals surface area contributed by atoms with Crippen molar-refractivity contribution in [2.75, 3.05) is 0 Å². The van der Waals surface area contributed by atoms with E-state index in [0.29, 0.717) is 12.8 Å². The summed E-state index contributed by atoms with van der Waals surface area (Å²) < 4.78 is 0. The fourth-order valence-corrected chi connectivity index (χ4v) is 3.88. The Balaban J connectivity index is 2.43. The Kier molecular flexibility index (Phi) is 5.60. The first-order valence-electron chi connectivity index (χ1n) is 8.50. The highest BCUT2D eigenvalue weighted by Gasteiger charge is 2.35. The number of aliphatic hydroxyl groups excluding tert-OH is 2. The van der Waals surface area contributed by atoms with Crippen LogP contribution in [-0.2, 0) is 16.2 Å². The Hall–Kier alpha value is -1.94. The summed E-state index contributed by atoms with van der Waals surface area (Å²) in [6, 6.07) is 2.00. The van der Waals surface area contributed by atoms with E-state index in [1.54, 1.807) is 0 Å². The predicted octanol–water partition coefficient (Wildman–Crippen LogP) is 3.73. The van der Waals surface area contributed by atoms with E-state index < -0.39 is 0 Å². The molecule has 0 heterocycles. The highest BCUT2D eigenvalue weighted by atomic mass is 16.3. The molecule has 1 aromatic carbocycles. The lowest BCUT2D eigenvalue weighted by Crippen LogP contribution is -2.27. The van der Waals surface area contributed by atoms with Gasteiger partial charge >= 0.3 is 0 Å². The molecule has 1 saturated carbocycles. The smallest absolute Gasteiger partial charge is 0.170 e. The summed E-state index contributed by atoms with van der Waals surface area (Å²) in [7, 11) is 0. The van der Waals surface area contributed by atoms with Crippen molar-refractivity contribution < 1.29 is 19.8 Å². The van der Waals surface area contributed by atoms with Gasteiger partial charge in [0.2, 0.25) is 0 Å². The van der Waals surface area contributed by atoms with Crippen LogP contribution in [0, 0.1) is 20.8 Å². The molecule has 1 aliphatic rings. The number of hydrogen-bond acceptors (Lipinski definition) is 4. The summed E-state index contributed by atoms with van der Waals surface area (Å²) in [5, 5.41) is 19.6. The monoisotopic (exact) mass is 330 g/mol. The zero-order valence-electron chi connectivity index (χ0n) is 14.9. The molecule has 1 fully saturated rings. The summed E-state index contributed by atoms with van der Waals surface area (Å²) in [4.78, 5) is 24.9. The van der Waals surface area contributed by atoms with Gasteiger partial charge in [-0.1, -0.05) is 13.0 Å². The normalized spacial score (nSPS) is 18.2. The van der Waals surface area contributed by atoms with E-state index in [9.17, 15) is 19.8 Å². The van der Waals surface area contributed by atoms with Gasteiger partial charge in [-0.15, -0.1) is 0 Å². The quantitative estimate of drug-likeness (QED) is 0.501. The van der Waals surface area contributed by atoms with Crippen LogP contribution in [0.25, 0.3) is 0 Å². The highest BCUT2D eigenvalue weighted by molar-refractivity contribution is 6.22. The lowest BCUT2D eigenvalue weighted by molar-refractivity contribution is -0.124. The minimum atomic E-state index is -0.271. The minimum Gasteiger partial charge on any atom is -0.511 e. The maximum Gasteiger partial charge on any atom is 0.170 e. The van der Waals surface area contributed by atoms with Crippen LogP contribution in [0.1, 0.15) is 66.3 Å². The Morgan fingerprint density at radius 1 is 1.12 bits per heavy atom. The number of allylic oxidation sites excluding steroid dienone is 2. The van der Waals surface area contributed by atoms with E-state index in [2.05, 4.69) is 0 Å². The van der Waals surface area contributed by atoms with Crippen molar-refractivity contribution in [2.24, 2.45) is 0 Å². The van der Waals surface area contributed by atoms with E-state index in [-0.39, 0.29) is 48.3 Å². The van der Waals surface area contributed by atoms with Gasteiger partial charge in [-0.05, 0) is 60.9 Å². The highest BCUT2D eigenvalue weighted by Crippen LogP contribution is 2.38. The van der Waals surface area contributed by atoms with Crippen LogP contribution in [-0.4, -0.2) is 21.8 Å². The Bertz CT molecular complexity index is 693. The van der Waals surface area contributed by atoms with Gasteiger partial charge in [0.25, 0.3) is 0 Å². The van der Waals surface area contributed by atoms with E-state index in [0.717, 1.165) is 27.8 Å². The molecule has 1 aliphatic carbocycles. The van der Waals surface area contributed by atoms with Crippen molar-refractivity contribution in [3.05, 3.63) is 45.2 Å². The third kappa shape index (κ3) is 3.29. The topological polar surface area (TPSA) is 74.6 Å². The molecule has 24 heavy (non-hydrogen) atoms. The maximum atomic E-state index is 12.5. The molecule has 2 N–H and O–H groups in total. The average Bonchev–Trinajstić information content (AvgIpc) is 2.46. The molecule has 0 spiro atoms. The summed E-state index contributed by atoms with van der Waals surface area (Å²) in [5.74, 6) is -0.798. The van der Waals surface area contributed by atoms with Crippen LogP contribution < -0.4 is 0 Å². The molecular formula is C20H26O4. The van der Waals surface area contributed by atoms with E-state index >= 15 is 0 Å². The molecule has 4 nitrogen and oxygen atoms in total. The summed E-state index contributed by atoms with van der Waals surface area (Å²) in [6.07, 6.45) is 1.50. The first kappa shape index (κ1) is 18.4. The molecule has 130 valence electrons. The summed E-state index contributed by atoms with van der Waals surface area (Å²) >= 11 is 0. The third-order valence-electron chi connectivity index (χ3n) is 4.95. The molecule has 0 radical (unpaired) electrons. The lowest BCUT2D eigenvalue weighted by atomic mass is 9.75. The SMILES string of the molecule is CCCC(O)=C1C(=O)CC(c2c(C)cc(C)c(CO)c2C)CC1=O. The number of aryl methyl sites for hydroxylation is 2. The number of ketones is 2. The largest absolute Gasteiger partial charge is 0.511 e. The molecular weight excluding hydrogens is 304 g/mol. The summed E-state index contributed by atoms with van der Waals surface area (Å²) in [5.41, 5.74) is 4.87. The van der Waals surface area contributed by atoms with Gasteiger partial charge in [0.15, 0.2) is 11.6 Å². The van der Waals surface area contributed by atoms with E-state index in [4.69, 9.17) is 0 Å². The molecule has 2 rings (SSSR count). The van der Waals surface area contributed by atoms with Gasteiger partial charge < -0.3 is 10.2 Å². The van der Waals surface area contributed by atoms with Crippen LogP contribution >= 0.6 is 0 Å². The second-order valence-electron chi connectivity index (χ2n) is 6.71. The van der Waals surface area contributed by atoms with Crippen molar-refractivity contribution in [2.45, 2.75) is 65.9 Å². The molecule has 0 unspecified atom stereocenters. The number of hydrogen-bond donors (Lipinski definition) is 2. The lowest BCUT2D eigenvalue weighted by Gasteiger charge is -2.27. The molecule has 0 atom stereocenters. The standard InChI is InChI=1S/C20H26O4/c1-5-6-16(22)20-17(23)8-14(9-18(20)24)19-12(3)7-11(2)15(10-21)13(19)4/h7,14,21-22H,5-6,8-10H2,1-4H3. The van der Waals surface area contributed by atoms with Crippen molar-refractivity contribution >= 4 is 11.6 Å². The van der Waals surface area contributed by atoms with E-state index in [1.165, 1.54) is 0 Å². The number of aliphatic hydroxyl groups is 2. The van der Waals surface area contributed by atoms with Gasteiger partial charge in [-0.2, -0.15) is 0 Å². The fraction of sp³-hybridized carbons (Fsp3) is 0.500. The Labute approximate surface area is 143 Å². The Morgan fingerprint density at radius 3 is 2.21 bits per heavy atom.